The first kappa shape index (κ1) is 20.7. The van der Waals surface area contributed by atoms with E-state index in [-0.39, 0.29) is 23.4 Å². The van der Waals surface area contributed by atoms with Crippen LogP contribution in [0.2, 0.25) is 0 Å². The number of aromatic nitrogens is 2. The van der Waals surface area contributed by atoms with E-state index in [1.54, 1.807) is 15.6 Å². The summed E-state index contributed by atoms with van der Waals surface area (Å²) in [6, 6.07) is 11.1. The van der Waals surface area contributed by atoms with Crippen molar-refractivity contribution < 1.29 is 14.4 Å². The van der Waals surface area contributed by atoms with E-state index in [9.17, 15) is 14.4 Å². The van der Waals surface area contributed by atoms with E-state index in [4.69, 9.17) is 0 Å². The minimum absolute atomic E-state index is 0.0548. The highest BCUT2D eigenvalue weighted by Crippen LogP contribution is 2.24. The lowest BCUT2D eigenvalue weighted by Gasteiger charge is -2.27. The van der Waals surface area contributed by atoms with E-state index in [0.717, 1.165) is 44.3 Å². The molecule has 3 aliphatic rings. The fourth-order valence-corrected chi connectivity index (χ4v) is 5.06. The molecule has 8 heteroatoms. The average Bonchev–Trinajstić information content (AvgIpc) is 3.57. The number of amides is 3. The van der Waals surface area contributed by atoms with Crippen molar-refractivity contribution in [3.63, 3.8) is 0 Å². The van der Waals surface area contributed by atoms with Gasteiger partial charge in [-0.15, -0.1) is 0 Å². The molecule has 1 aromatic carbocycles. The van der Waals surface area contributed by atoms with Crippen molar-refractivity contribution in [3.05, 3.63) is 53.3 Å². The van der Waals surface area contributed by atoms with Crippen LogP contribution in [0.1, 0.15) is 58.6 Å². The summed E-state index contributed by atoms with van der Waals surface area (Å²) >= 11 is 0. The highest BCUT2D eigenvalue weighted by atomic mass is 16.2. The minimum Gasteiger partial charge on any atom is -0.341 e. The number of nitrogens with zero attached hydrogens (tertiary/aromatic N) is 5. The smallest absolute Gasteiger partial charge is 0.275 e. The first-order valence-corrected chi connectivity index (χ1v) is 11.6. The first-order chi connectivity index (χ1) is 15.6. The van der Waals surface area contributed by atoms with Gasteiger partial charge in [0.05, 0.1) is 0 Å². The van der Waals surface area contributed by atoms with Crippen molar-refractivity contribution in [2.45, 2.75) is 51.2 Å². The van der Waals surface area contributed by atoms with E-state index in [1.807, 2.05) is 40.1 Å². The van der Waals surface area contributed by atoms with E-state index in [2.05, 4.69) is 5.10 Å². The Morgan fingerprint density at radius 3 is 2.50 bits per heavy atom. The van der Waals surface area contributed by atoms with Gasteiger partial charge in [0, 0.05) is 45.3 Å². The summed E-state index contributed by atoms with van der Waals surface area (Å²) in [5.41, 5.74) is 1.78. The second kappa shape index (κ2) is 8.76. The van der Waals surface area contributed by atoms with Gasteiger partial charge in [0.15, 0.2) is 5.69 Å². The van der Waals surface area contributed by atoms with E-state index < -0.39 is 6.04 Å². The third-order valence-corrected chi connectivity index (χ3v) is 6.74. The van der Waals surface area contributed by atoms with Crippen LogP contribution in [-0.2, 0) is 17.9 Å². The molecule has 0 bridgehead atoms. The largest absolute Gasteiger partial charge is 0.341 e. The summed E-state index contributed by atoms with van der Waals surface area (Å²) in [7, 11) is 0. The Labute approximate surface area is 187 Å². The normalized spacial score (nSPS) is 21.1. The lowest BCUT2D eigenvalue weighted by Crippen LogP contribution is -2.47. The molecular weight excluding hydrogens is 406 g/mol. The SMILES string of the molecule is O=C1c2cc(C(=O)N3CCCC3C(=O)N3CCCC3)nn2CCCN1Cc1ccccc1. The van der Waals surface area contributed by atoms with Crippen LogP contribution < -0.4 is 0 Å². The van der Waals surface area contributed by atoms with Crippen molar-refractivity contribution >= 4 is 17.7 Å². The van der Waals surface area contributed by atoms with E-state index >= 15 is 0 Å². The lowest BCUT2D eigenvalue weighted by atomic mass is 10.2. The second-order valence-electron chi connectivity index (χ2n) is 8.89. The van der Waals surface area contributed by atoms with E-state index in [1.165, 1.54) is 0 Å². The Kier molecular flexibility index (Phi) is 5.68. The molecule has 0 aliphatic carbocycles. The van der Waals surface area contributed by atoms with Crippen molar-refractivity contribution in [1.29, 1.82) is 0 Å². The van der Waals surface area contributed by atoms with Gasteiger partial charge in [-0.25, -0.2) is 0 Å². The highest BCUT2D eigenvalue weighted by Gasteiger charge is 2.39. The fourth-order valence-electron chi connectivity index (χ4n) is 5.06. The summed E-state index contributed by atoms with van der Waals surface area (Å²) in [6.45, 7) is 3.89. The number of fused-ring (bicyclic) bond motifs is 1. The summed E-state index contributed by atoms with van der Waals surface area (Å²) in [5, 5.41) is 4.49. The molecular formula is C24H29N5O3. The molecule has 0 N–H and O–H groups in total. The highest BCUT2D eigenvalue weighted by molar-refractivity contribution is 6.00. The van der Waals surface area contributed by atoms with Crippen LogP contribution in [0, 0.1) is 0 Å². The standard InChI is InChI=1S/C24H29N5O3/c30-22(28-14-6-10-20(28)23(31)26-11-4-5-12-26)19-16-21-24(32)27(13-7-15-29(21)25-19)17-18-8-2-1-3-9-18/h1-3,8-9,16,20H,4-7,10-15,17H2. The minimum atomic E-state index is -0.410. The third-order valence-electron chi connectivity index (χ3n) is 6.74. The molecule has 32 heavy (non-hydrogen) atoms. The Morgan fingerprint density at radius 1 is 0.938 bits per heavy atom. The first-order valence-electron chi connectivity index (χ1n) is 11.6. The van der Waals surface area contributed by atoms with Crippen molar-refractivity contribution in [2.24, 2.45) is 0 Å². The van der Waals surface area contributed by atoms with Gasteiger partial charge < -0.3 is 14.7 Å². The molecule has 5 rings (SSSR count). The Bertz CT molecular complexity index is 1010. The second-order valence-corrected chi connectivity index (χ2v) is 8.89. The van der Waals surface area contributed by atoms with E-state index in [0.29, 0.717) is 38.3 Å². The number of carbonyl (C=O) groups is 3. The van der Waals surface area contributed by atoms with Gasteiger partial charge in [0.2, 0.25) is 5.91 Å². The number of aryl methyl sites for hydroxylation is 1. The zero-order valence-corrected chi connectivity index (χ0v) is 18.3. The molecule has 0 spiro atoms. The Balaban J connectivity index is 1.34. The summed E-state index contributed by atoms with van der Waals surface area (Å²) < 4.78 is 1.66. The molecule has 1 unspecified atom stereocenters. The summed E-state index contributed by atoms with van der Waals surface area (Å²) in [4.78, 5) is 44.8. The molecule has 0 radical (unpaired) electrons. The van der Waals surface area contributed by atoms with Gasteiger partial charge in [-0.1, -0.05) is 30.3 Å². The maximum Gasteiger partial charge on any atom is 0.275 e. The number of hydrogen-bond donors (Lipinski definition) is 0. The predicted molar refractivity (Wildman–Crippen MR) is 118 cm³/mol. The molecule has 3 aliphatic heterocycles. The zero-order chi connectivity index (χ0) is 22.1. The number of likely N-dealkylation sites (tertiary alicyclic amines) is 2. The molecule has 2 fully saturated rings. The lowest BCUT2D eigenvalue weighted by molar-refractivity contribution is -0.134. The third kappa shape index (κ3) is 3.89. The average molecular weight is 436 g/mol. The van der Waals surface area contributed by atoms with Gasteiger partial charge in [-0.05, 0) is 37.7 Å². The molecule has 8 nitrogen and oxygen atoms in total. The molecule has 1 aromatic heterocycles. The van der Waals surface area contributed by atoms with Gasteiger partial charge in [0.25, 0.3) is 11.8 Å². The van der Waals surface area contributed by atoms with Crippen LogP contribution in [0.5, 0.6) is 0 Å². The topological polar surface area (TPSA) is 78.8 Å². The molecule has 2 aromatic rings. The molecule has 1 atom stereocenters. The summed E-state index contributed by atoms with van der Waals surface area (Å²) in [6.07, 6.45) is 4.34. The number of hydrogen-bond acceptors (Lipinski definition) is 4. The van der Waals surface area contributed by atoms with Crippen molar-refractivity contribution in [3.8, 4) is 0 Å². The quantitative estimate of drug-likeness (QED) is 0.737. The van der Waals surface area contributed by atoms with Gasteiger partial charge >= 0.3 is 0 Å². The molecule has 168 valence electrons. The van der Waals surface area contributed by atoms with Crippen molar-refractivity contribution in [2.75, 3.05) is 26.2 Å². The van der Waals surface area contributed by atoms with Crippen molar-refractivity contribution in [1.82, 2.24) is 24.5 Å². The van der Waals surface area contributed by atoms with Gasteiger partial charge in [0.1, 0.15) is 11.7 Å². The molecule has 2 saturated heterocycles. The summed E-state index contributed by atoms with van der Waals surface area (Å²) in [5.74, 6) is -0.300. The Hall–Kier alpha value is -3.16. The molecule has 3 amide bonds. The number of benzene rings is 1. The predicted octanol–water partition coefficient (Wildman–Crippen LogP) is 2.16. The molecule has 4 heterocycles. The van der Waals surface area contributed by atoms with Crippen LogP contribution >= 0.6 is 0 Å². The van der Waals surface area contributed by atoms with Crippen LogP contribution in [0.25, 0.3) is 0 Å². The van der Waals surface area contributed by atoms with Crippen LogP contribution in [0.3, 0.4) is 0 Å². The number of rotatable bonds is 4. The van der Waals surface area contributed by atoms with Crippen LogP contribution in [0.15, 0.2) is 36.4 Å². The van der Waals surface area contributed by atoms with Gasteiger partial charge in [-0.3, -0.25) is 19.1 Å². The maximum absolute atomic E-state index is 13.3. The van der Waals surface area contributed by atoms with Gasteiger partial charge in [-0.2, -0.15) is 5.10 Å². The molecule has 0 saturated carbocycles. The monoisotopic (exact) mass is 435 g/mol. The maximum atomic E-state index is 13.3. The zero-order valence-electron chi connectivity index (χ0n) is 18.3. The van der Waals surface area contributed by atoms with Crippen LogP contribution in [0.4, 0.5) is 0 Å². The Morgan fingerprint density at radius 2 is 1.72 bits per heavy atom. The fraction of sp³-hybridized carbons (Fsp3) is 0.500. The number of carbonyl (C=O) groups excluding carboxylic acids is 3. The van der Waals surface area contributed by atoms with Crippen LogP contribution in [-0.4, -0.2) is 74.4 Å².